The molecule has 0 atom stereocenters. The lowest BCUT2D eigenvalue weighted by molar-refractivity contribution is -0.387. The number of rotatable bonds is 7. The first-order valence-corrected chi connectivity index (χ1v) is 10.1. The van der Waals surface area contributed by atoms with Crippen LogP contribution in [-0.4, -0.2) is 33.4 Å². The molecule has 1 amide bonds. The van der Waals surface area contributed by atoms with Crippen LogP contribution in [0.25, 0.3) is 0 Å². The predicted octanol–water partition coefficient (Wildman–Crippen LogP) is 5.31. The molecule has 7 nitrogen and oxygen atoms in total. The third kappa shape index (κ3) is 5.60. The van der Waals surface area contributed by atoms with Crippen LogP contribution >= 0.6 is 23.1 Å². The first-order valence-electron chi connectivity index (χ1n) is 8.39. The normalized spacial score (nSPS) is 11.5. The van der Waals surface area contributed by atoms with E-state index in [2.05, 4.69) is 4.98 Å². The molecular formula is C18H14F3N3O4S2. The molecule has 1 aromatic carbocycles. The summed E-state index contributed by atoms with van der Waals surface area (Å²) in [6.07, 6.45) is -3.37. The van der Waals surface area contributed by atoms with Gasteiger partial charge in [-0.2, -0.15) is 13.2 Å². The van der Waals surface area contributed by atoms with Crippen molar-refractivity contribution >= 4 is 34.7 Å². The second-order valence-electron chi connectivity index (χ2n) is 6.15. The molecule has 0 unspecified atom stereocenters. The lowest BCUT2D eigenvalue weighted by Crippen LogP contribution is -2.38. The highest BCUT2D eigenvalue weighted by atomic mass is 32.2. The Hall–Kier alpha value is -2.86. The van der Waals surface area contributed by atoms with Crippen LogP contribution < -0.4 is 0 Å². The monoisotopic (exact) mass is 457 g/mol. The standard InChI is InChI=1S/C18H14F3N3O4S2/c1-11-9-29-17(22-11)30-15-5-4-12(7-14(15)24(26)27)16(25)23(10-18(19,20)21)8-13-3-2-6-28-13/h2-7,9H,8,10H2,1H3. The van der Waals surface area contributed by atoms with Crippen molar-refractivity contribution in [3.63, 3.8) is 0 Å². The maximum Gasteiger partial charge on any atom is 0.406 e. The number of halogens is 3. The number of nitro groups is 1. The zero-order valence-corrected chi connectivity index (χ0v) is 17.0. The number of hydrogen-bond acceptors (Lipinski definition) is 7. The number of aromatic nitrogens is 1. The molecule has 0 radical (unpaired) electrons. The van der Waals surface area contributed by atoms with Gasteiger partial charge in [0, 0.05) is 22.7 Å². The Morgan fingerprint density at radius 2 is 2.13 bits per heavy atom. The molecule has 158 valence electrons. The Kier molecular flexibility index (Phi) is 6.46. The van der Waals surface area contributed by atoms with Crippen molar-refractivity contribution in [1.29, 1.82) is 0 Å². The Morgan fingerprint density at radius 3 is 2.70 bits per heavy atom. The quantitative estimate of drug-likeness (QED) is 0.353. The van der Waals surface area contributed by atoms with Crippen LogP contribution in [-0.2, 0) is 6.54 Å². The zero-order valence-electron chi connectivity index (χ0n) is 15.4. The topological polar surface area (TPSA) is 89.5 Å². The summed E-state index contributed by atoms with van der Waals surface area (Å²) in [7, 11) is 0. The highest BCUT2D eigenvalue weighted by molar-refractivity contribution is 8.01. The van der Waals surface area contributed by atoms with Crippen molar-refractivity contribution in [2.45, 2.75) is 28.9 Å². The van der Waals surface area contributed by atoms with Gasteiger partial charge >= 0.3 is 6.18 Å². The van der Waals surface area contributed by atoms with Gasteiger partial charge in [0.15, 0.2) is 4.34 Å². The highest BCUT2D eigenvalue weighted by Crippen LogP contribution is 2.37. The number of amides is 1. The first-order chi connectivity index (χ1) is 14.1. The van der Waals surface area contributed by atoms with E-state index >= 15 is 0 Å². The first kappa shape index (κ1) is 21.8. The minimum atomic E-state index is -4.65. The molecule has 0 aliphatic carbocycles. The van der Waals surface area contributed by atoms with Gasteiger partial charge in [0.2, 0.25) is 0 Å². The fourth-order valence-electron chi connectivity index (χ4n) is 2.54. The number of furan rings is 1. The molecule has 2 aromatic heterocycles. The lowest BCUT2D eigenvalue weighted by atomic mass is 10.1. The minimum Gasteiger partial charge on any atom is -0.467 e. The number of hydrogen-bond donors (Lipinski definition) is 0. The second-order valence-corrected chi connectivity index (χ2v) is 8.30. The van der Waals surface area contributed by atoms with Crippen molar-refractivity contribution in [2.75, 3.05) is 6.54 Å². The third-order valence-electron chi connectivity index (χ3n) is 3.78. The SMILES string of the molecule is Cc1csc(Sc2ccc(C(=O)N(Cc3ccco3)CC(F)(F)F)cc2[N+](=O)[O-])n1. The van der Waals surface area contributed by atoms with Gasteiger partial charge in [-0.25, -0.2) is 4.98 Å². The molecule has 3 aromatic rings. The molecule has 0 aliphatic rings. The molecule has 2 heterocycles. The molecule has 12 heteroatoms. The van der Waals surface area contributed by atoms with Crippen molar-refractivity contribution in [3.05, 3.63) is 69.1 Å². The average molecular weight is 457 g/mol. The Labute approximate surface area is 176 Å². The van der Waals surface area contributed by atoms with Crippen molar-refractivity contribution in [1.82, 2.24) is 9.88 Å². The molecule has 30 heavy (non-hydrogen) atoms. The molecule has 0 saturated heterocycles. The lowest BCUT2D eigenvalue weighted by Gasteiger charge is -2.23. The molecule has 3 rings (SSSR count). The molecular weight excluding hydrogens is 443 g/mol. The number of alkyl halides is 3. The number of nitro benzene ring substituents is 1. The van der Waals surface area contributed by atoms with Crippen LogP contribution in [0.1, 0.15) is 21.8 Å². The van der Waals surface area contributed by atoms with E-state index in [1.54, 1.807) is 12.3 Å². The molecule has 0 fully saturated rings. The number of carbonyl (C=O) groups excluding carboxylic acids is 1. The van der Waals surface area contributed by atoms with E-state index in [0.717, 1.165) is 23.5 Å². The molecule has 0 saturated carbocycles. The van der Waals surface area contributed by atoms with Crippen molar-refractivity contribution in [2.24, 2.45) is 0 Å². The van der Waals surface area contributed by atoms with Crippen molar-refractivity contribution in [3.8, 4) is 0 Å². The number of nitrogens with zero attached hydrogens (tertiary/aromatic N) is 3. The summed E-state index contributed by atoms with van der Waals surface area (Å²) in [6, 6.07) is 6.52. The molecule has 0 aliphatic heterocycles. The van der Waals surface area contributed by atoms with Crippen LogP contribution in [0, 0.1) is 17.0 Å². The van der Waals surface area contributed by atoms with Gasteiger partial charge in [0.1, 0.15) is 12.3 Å². The van der Waals surface area contributed by atoms with Crippen molar-refractivity contribution < 1.29 is 27.3 Å². The fraction of sp³-hybridized carbons (Fsp3) is 0.222. The predicted molar refractivity (Wildman–Crippen MR) is 104 cm³/mol. The van der Waals surface area contributed by atoms with Gasteiger partial charge < -0.3 is 9.32 Å². The summed E-state index contributed by atoms with van der Waals surface area (Å²) in [5.74, 6) is -0.832. The van der Waals surface area contributed by atoms with Crippen LogP contribution in [0.5, 0.6) is 0 Å². The summed E-state index contributed by atoms with van der Waals surface area (Å²) in [5.41, 5.74) is 0.151. The maximum atomic E-state index is 13.0. The number of benzene rings is 1. The van der Waals surface area contributed by atoms with Crippen LogP contribution in [0.3, 0.4) is 0 Å². The smallest absolute Gasteiger partial charge is 0.406 e. The van der Waals surface area contributed by atoms with Gasteiger partial charge in [0.25, 0.3) is 11.6 Å². The summed E-state index contributed by atoms with van der Waals surface area (Å²) >= 11 is 2.36. The Bertz CT molecular complexity index is 1050. The number of thiazole rings is 1. The second kappa shape index (κ2) is 8.88. The molecule has 0 spiro atoms. The molecule has 0 bridgehead atoms. The summed E-state index contributed by atoms with van der Waals surface area (Å²) < 4.78 is 44.6. The van der Waals surface area contributed by atoms with E-state index in [1.165, 1.54) is 41.9 Å². The van der Waals surface area contributed by atoms with E-state index in [4.69, 9.17) is 4.42 Å². The van der Waals surface area contributed by atoms with Gasteiger partial charge in [-0.1, -0.05) is 11.8 Å². The Balaban J connectivity index is 1.90. The van der Waals surface area contributed by atoms with Gasteiger partial charge in [-0.15, -0.1) is 11.3 Å². The Morgan fingerprint density at radius 1 is 1.37 bits per heavy atom. The zero-order chi connectivity index (χ0) is 21.9. The average Bonchev–Trinajstić information content (AvgIpc) is 3.31. The van der Waals surface area contributed by atoms with E-state index < -0.39 is 30.1 Å². The number of aryl methyl sites for hydroxylation is 1. The summed E-state index contributed by atoms with van der Waals surface area (Å²) in [4.78, 5) is 28.6. The van der Waals surface area contributed by atoms with Gasteiger partial charge in [-0.3, -0.25) is 14.9 Å². The van der Waals surface area contributed by atoms with E-state index in [-0.39, 0.29) is 21.9 Å². The van der Waals surface area contributed by atoms with E-state index in [1.807, 2.05) is 0 Å². The minimum absolute atomic E-state index is 0.161. The third-order valence-corrected chi connectivity index (χ3v) is 5.90. The van der Waals surface area contributed by atoms with E-state index in [9.17, 15) is 28.1 Å². The van der Waals surface area contributed by atoms with Crippen LogP contribution in [0.15, 0.2) is 55.6 Å². The fourth-order valence-corrected chi connectivity index (χ4v) is 4.42. The largest absolute Gasteiger partial charge is 0.467 e. The maximum absolute atomic E-state index is 13.0. The van der Waals surface area contributed by atoms with Crippen LogP contribution in [0.2, 0.25) is 0 Å². The van der Waals surface area contributed by atoms with Crippen LogP contribution in [0.4, 0.5) is 18.9 Å². The summed E-state index contributed by atoms with van der Waals surface area (Å²) in [6.45, 7) is -0.158. The summed E-state index contributed by atoms with van der Waals surface area (Å²) in [5, 5.41) is 13.3. The molecule has 0 N–H and O–H groups in total. The van der Waals surface area contributed by atoms with Gasteiger partial charge in [0.05, 0.1) is 22.6 Å². The van der Waals surface area contributed by atoms with Gasteiger partial charge in [-0.05, 0) is 31.2 Å². The van der Waals surface area contributed by atoms with E-state index in [0.29, 0.717) is 9.24 Å². The highest BCUT2D eigenvalue weighted by Gasteiger charge is 2.34. The number of carbonyl (C=O) groups is 1.